The average molecular weight is 338 g/mol. The van der Waals surface area contributed by atoms with Crippen molar-refractivity contribution in [2.75, 3.05) is 5.32 Å². The van der Waals surface area contributed by atoms with Gasteiger partial charge in [0, 0.05) is 0 Å². The molecule has 0 fully saturated rings. The van der Waals surface area contributed by atoms with Gasteiger partial charge in [-0.25, -0.2) is 9.07 Å². The third-order valence-electron chi connectivity index (χ3n) is 2.88. The summed E-state index contributed by atoms with van der Waals surface area (Å²) in [7, 11) is 0. The molecule has 1 aromatic carbocycles. The van der Waals surface area contributed by atoms with Gasteiger partial charge in [-0.05, 0) is 31.2 Å². The van der Waals surface area contributed by atoms with Gasteiger partial charge < -0.3 is 0 Å². The molecule has 6 nitrogen and oxygen atoms in total. The van der Waals surface area contributed by atoms with Gasteiger partial charge in [-0.3, -0.25) is 10.1 Å². The molecule has 0 spiro atoms. The number of hydrogen-bond donors (Lipinski definition) is 1. The number of aryl methyl sites for hydroxylation is 1. The first kappa shape index (κ1) is 14.6. The van der Waals surface area contributed by atoms with Crippen LogP contribution in [0, 0.1) is 12.7 Å². The Morgan fingerprint density at radius 1 is 1.36 bits per heavy atom. The fourth-order valence-corrected chi connectivity index (χ4v) is 2.70. The number of benzene rings is 1. The minimum absolute atomic E-state index is 0.145. The Hall–Kier alpha value is -2.32. The number of nitrogens with zero attached hydrogens (tertiary/aromatic N) is 4. The first-order valence-electron chi connectivity index (χ1n) is 6.15. The molecule has 0 atom stereocenters. The molecule has 1 N–H and O–H groups in total. The van der Waals surface area contributed by atoms with E-state index in [9.17, 15) is 9.18 Å². The van der Waals surface area contributed by atoms with E-state index in [2.05, 4.69) is 20.6 Å². The lowest BCUT2D eigenvalue weighted by Crippen LogP contribution is -2.13. The van der Waals surface area contributed by atoms with Gasteiger partial charge in [0.05, 0.1) is 11.4 Å². The molecule has 0 saturated heterocycles. The van der Waals surface area contributed by atoms with Crippen LogP contribution < -0.4 is 5.32 Å². The highest BCUT2D eigenvalue weighted by Gasteiger charge is 2.21. The summed E-state index contributed by atoms with van der Waals surface area (Å²) in [4.78, 5) is 12.3. The molecule has 3 aromatic rings. The van der Waals surface area contributed by atoms with E-state index >= 15 is 0 Å². The van der Waals surface area contributed by atoms with Gasteiger partial charge in [0.15, 0.2) is 0 Å². The Morgan fingerprint density at radius 2 is 2.09 bits per heavy atom. The summed E-state index contributed by atoms with van der Waals surface area (Å²) in [5.74, 6) is -0.786. The standard InChI is InChI=1S/C13H9ClFN5OS/c1-7-10(12(21)17-13-18-16-6-22-13)11(14)20(19-7)9-4-2-8(15)3-5-9/h2-6H,1H3,(H,17,18,21). The molecular weight excluding hydrogens is 329 g/mol. The fraction of sp³-hybridized carbons (Fsp3) is 0.0769. The van der Waals surface area contributed by atoms with Crippen molar-refractivity contribution in [3.63, 3.8) is 0 Å². The number of nitrogens with one attached hydrogen (secondary N) is 1. The molecule has 0 bridgehead atoms. The third-order valence-corrected chi connectivity index (χ3v) is 3.84. The van der Waals surface area contributed by atoms with Crippen molar-refractivity contribution >= 4 is 34.0 Å². The molecule has 0 aliphatic heterocycles. The van der Waals surface area contributed by atoms with E-state index in [0.717, 1.165) is 0 Å². The van der Waals surface area contributed by atoms with Crippen molar-refractivity contribution in [1.82, 2.24) is 20.0 Å². The molecule has 0 saturated carbocycles. The molecule has 22 heavy (non-hydrogen) atoms. The zero-order valence-corrected chi connectivity index (χ0v) is 12.8. The van der Waals surface area contributed by atoms with E-state index in [1.165, 1.54) is 45.8 Å². The second-order valence-electron chi connectivity index (χ2n) is 4.34. The van der Waals surface area contributed by atoms with Gasteiger partial charge in [0.25, 0.3) is 5.91 Å². The summed E-state index contributed by atoms with van der Waals surface area (Å²) in [6.45, 7) is 1.67. The zero-order valence-electron chi connectivity index (χ0n) is 11.2. The zero-order chi connectivity index (χ0) is 15.7. The van der Waals surface area contributed by atoms with E-state index in [1.54, 1.807) is 6.92 Å². The Labute approximate surface area is 133 Å². The van der Waals surface area contributed by atoms with Crippen LogP contribution in [0.4, 0.5) is 9.52 Å². The Kier molecular flexibility index (Phi) is 3.86. The fourth-order valence-electron chi connectivity index (χ4n) is 1.90. The molecule has 2 heterocycles. The van der Waals surface area contributed by atoms with Crippen LogP contribution in [-0.4, -0.2) is 25.9 Å². The number of halogens is 2. The monoisotopic (exact) mass is 337 g/mol. The lowest BCUT2D eigenvalue weighted by atomic mass is 10.2. The third kappa shape index (κ3) is 2.70. The maximum Gasteiger partial charge on any atom is 0.262 e. The van der Waals surface area contributed by atoms with Gasteiger partial charge in [0.2, 0.25) is 5.13 Å². The SMILES string of the molecule is Cc1nn(-c2ccc(F)cc2)c(Cl)c1C(=O)Nc1nncs1. The highest BCUT2D eigenvalue weighted by Crippen LogP contribution is 2.24. The summed E-state index contributed by atoms with van der Waals surface area (Å²) < 4.78 is 14.4. The summed E-state index contributed by atoms with van der Waals surface area (Å²) in [6.07, 6.45) is 0. The smallest absolute Gasteiger partial charge is 0.262 e. The first-order valence-corrected chi connectivity index (χ1v) is 7.40. The van der Waals surface area contributed by atoms with E-state index in [1.807, 2.05) is 0 Å². The summed E-state index contributed by atoms with van der Waals surface area (Å²) >= 11 is 7.45. The van der Waals surface area contributed by atoms with Crippen LogP contribution in [0.15, 0.2) is 29.8 Å². The van der Waals surface area contributed by atoms with Crippen molar-refractivity contribution in [2.24, 2.45) is 0 Å². The number of anilines is 1. The van der Waals surface area contributed by atoms with Gasteiger partial charge in [0.1, 0.15) is 22.0 Å². The highest BCUT2D eigenvalue weighted by atomic mass is 35.5. The second-order valence-corrected chi connectivity index (χ2v) is 5.53. The molecule has 0 aliphatic rings. The maximum atomic E-state index is 13.0. The van der Waals surface area contributed by atoms with Crippen LogP contribution in [0.2, 0.25) is 5.15 Å². The van der Waals surface area contributed by atoms with Crippen LogP contribution in [0.25, 0.3) is 5.69 Å². The lowest BCUT2D eigenvalue weighted by Gasteiger charge is -2.03. The van der Waals surface area contributed by atoms with Crippen LogP contribution in [0.3, 0.4) is 0 Å². The largest absolute Gasteiger partial charge is 0.296 e. The molecule has 0 radical (unpaired) electrons. The number of hydrogen-bond acceptors (Lipinski definition) is 5. The van der Waals surface area contributed by atoms with Crippen LogP contribution in [-0.2, 0) is 0 Å². The van der Waals surface area contributed by atoms with Crippen molar-refractivity contribution in [2.45, 2.75) is 6.92 Å². The Balaban J connectivity index is 1.96. The average Bonchev–Trinajstić information content (AvgIpc) is 3.08. The van der Waals surface area contributed by atoms with Gasteiger partial charge >= 0.3 is 0 Å². The van der Waals surface area contributed by atoms with Crippen LogP contribution in [0.1, 0.15) is 16.1 Å². The molecule has 9 heteroatoms. The predicted octanol–water partition coefficient (Wildman–Crippen LogP) is 3.08. The quantitative estimate of drug-likeness (QED) is 0.797. The normalized spacial score (nSPS) is 10.7. The first-order chi connectivity index (χ1) is 10.6. The summed E-state index contributed by atoms with van der Waals surface area (Å²) in [5, 5.41) is 14.7. The lowest BCUT2D eigenvalue weighted by molar-refractivity contribution is 0.102. The highest BCUT2D eigenvalue weighted by molar-refractivity contribution is 7.13. The topological polar surface area (TPSA) is 72.7 Å². The number of rotatable bonds is 3. The molecule has 3 rings (SSSR count). The van der Waals surface area contributed by atoms with E-state index < -0.39 is 5.91 Å². The molecular formula is C13H9ClFN5OS. The van der Waals surface area contributed by atoms with Gasteiger partial charge in [-0.1, -0.05) is 22.9 Å². The number of carbonyl (C=O) groups excluding carboxylic acids is 1. The number of amides is 1. The number of aromatic nitrogens is 4. The van der Waals surface area contributed by atoms with Gasteiger partial charge in [-0.15, -0.1) is 10.2 Å². The molecule has 112 valence electrons. The van der Waals surface area contributed by atoms with Crippen molar-refractivity contribution in [3.8, 4) is 5.69 Å². The minimum atomic E-state index is -0.424. The van der Waals surface area contributed by atoms with Crippen molar-refractivity contribution < 1.29 is 9.18 Å². The minimum Gasteiger partial charge on any atom is -0.296 e. The van der Waals surface area contributed by atoms with E-state index in [-0.39, 0.29) is 16.5 Å². The Morgan fingerprint density at radius 3 is 2.73 bits per heavy atom. The second kappa shape index (κ2) is 5.82. The van der Waals surface area contributed by atoms with Crippen molar-refractivity contribution in [1.29, 1.82) is 0 Å². The molecule has 1 amide bonds. The molecule has 0 aliphatic carbocycles. The number of carbonyl (C=O) groups is 1. The Bertz CT molecular complexity index is 816. The van der Waals surface area contributed by atoms with Gasteiger partial charge in [-0.2, -0.15) is 5.10 Å². The summed E-state index contributed by atoms with van der Waals surface area (Å²) in [6, 6.07) is 5.65. The van der Waals surface area contributed by atoms with E-state index in [4.69, 9.17) is 11.6 Å². The predicted molar refractivity (Wildman–Crippen MR) is 81.1 cm³/mol. The van der Waals surface area contributed by atoms with Crippen LogP contribution >= 0.6 is 22.9 Å². The maximum absolute atomic E-state index is 13.0. The van der Waals surface area contributed by atoms with E-state index in [0.29, 0.717) is 16.5 Å². The van der Waals surface area contributed by atoms with Crippen LogP contribution in [0.5, 0.6) is 0 Å². The van der Waals surface area contributed by atoms with Crippen molar-refractivity contribution in [3.05, 3.63) is 52.0 Å². The molecule has 2 aromatic heterocycles. The molecule has 0 unspecified atom stereocenters. The summed E-state index contributed by atoms with van der Waals surface area (Å²) in [5.41, 5.74) is 2.76.